The molecule has 0 bridgehead atoms. The third kappa shape index (κ3) is 2.68. The van der Waals surface area contributed by atoms with Crippen LogP contribution in [0.4, 0.5) is 5.95 Å². The van der Waals surface area contributed by atoms with E-state index in [0.717, 1.165) is 11.0 Å². The molecule has 94 valence electrons. The Kier molecular flexibility index (Phi) is 3.06. The minimum absolute atomic E-state index is 0.555. The Morgan fingerprint density at radius 3 is 2.42 bits per heavy atom. The molecule has 0 fully saturated rings. The van der Waals surface area contributed by atoms with Gasteiger partial charge in [-0.1, -0.05) is 42.0 Å². The lowest BCUT2D eigenvalue weighted by atomic mass is 10.1. The zero-order valence-corrected chi connectivity index (χ0v) is 10.7. The summed E-state index contributed by atoms with van der Waals surface area (Å²) in [6, 6.07) is 16.1. The summed E-state index contributed by atoms with van der Waals surface area (Å²) in [5.41, 5.74) is 4.11. The average molecular weight is 250 g/mol. The Bertz CT molecular complexity index is 692. The molecule has 1 N–H and O–H groups in total. The lowest BCUT2D eigenvalue weighted by molar-refractivity contribution is 0.984. The molecule has 3 aromatic rings. The molecule has 0 saturated carbocycles. The first-order valence-electron chi connectivity index (χ1n) is 6.20. The third-order valence-corrected chi connectivity index (χ3v) is 2.93. The molecule has 19 heavy (non-hydrogen) atoms. The van der Waals surface area contributed by atoms with Gasteiger partial charge in [-0.2, -0.15) is 0 Å². The summed E-state index contributed by atoms with van der Waals surface area (Å²) in [6.07, 6.45) is 0. The molecule has 0 spiro atoms. The van der Waals surface area contributed by atoms with E-state index in [4.69, 9.17) is 0 Å². The second kappa shape index (κ2) is 5.02. The van der Waals surface area contributed by atoms with Gasteiger partial charge in [0, 0.05) is 6.54 Å². The van der Waals surface area contributed by atoms with Crippen molar-refractivity contribution in [3.05, 3.63) is 59.7 Å². The number of hydrogen-bond acceptors (Lipinski definition) is 4. The maximum Gasteiger partial charge on any atom is 0.243 e. The fourth-order valence-electron chi connectivity index (χ4n) is 1.84. The van der Waals surface area contributed by atoms with Crippen molar-refractivity contribution in [2.24, 2.45) is 0 Å². The van der Waals surface area contributed by atoms with Crippen molar-refractivity contribution >= 4 is 17.0 Å². The predicted octanol–water partition coefficient (Wildman–Crippen LogP) is 2.95. The van der Waals surface area contributed by atoms with Crippen LogP contribution in [0, 0.1) is 6.92 Å². The smallest absolute Gasteiger partial charge is 0.243 e. The summed E-state index contributed by atoms with van der Waals surface area (Å²) in [7, 11) is 0. The maximum atomic E-state index is 4.42. The largest absolute Gasteiger partial charge is 0.349 e. The van der Waals surface area contributed by atoms with Crippen LogP contribution in [-0.2, 0) is 6.54 Å². The number of benzene rings is 2. The minimum atomic E-state index is 0.555. The maximum absolute atomic E-state index is 4.42. The van der Waals surface area contributed by atoms with Crippen molar-refractivity contribution in [3.63, 3.8) is 0 Å². The molecule has 4 heteroatoms. The van der Waals surface area contributed by atoms with E-state index < -0.39 is 0 Å². The van der Waals surface area contributed by atoms with E-state index in [1.54, 1.807) is 0 Å². The number of aromatic nitrogens is 3. The quantitative estimate of drug-likeness (QED) is 0.776. The molecular weight excluding hydrogens is 236 g/mol. The Morgan fingerprint density at radius 1 is 0.895 bits per heavy atom. The highest BCUT2D eigenvalue weighted by molar-refractivity contribution is 5.74. The molecule has 1 heterocycles. The number of nitrogens with one attached hydrogen (secondary N) is 1. The van der Waals surface area contributed by atoms with Crippen LogP contribution in [-0.4, -0.2) is 15.2 Å². The van der Waals surface area contributed by atoms with Gasteiger partial charge >= 0.3 is 0 Å². The molecule has 3 rings (SSSR count). The standard InChI is InChI=1S/C15H14N4/c1-11-6-8-12(9-7-11)10-16-15-17-13-4-2-3-5-14(13)18-19-15/h2-9H,10H2,1H3,(H,16,17,19). The van der Waals surface area contributed by atoms with E-state index in [0.29, 0.717) is 12.5 Å². The van der Waals surface area contributed by atoms with Crippen LogP contribution in [0.15, 0.2) is 48.5 Å². The van der Waals surface area contributed by atoms with E-state index in [1.807, 2.05) is 24.3 Å². The van der Waals surface area contributed by atoms with Gasteiger partial charge in [0.1, 0.15) is 5.52 Å². The van der Waals surface area contributed by atoms with E-state index >= 15 is 0 Å². The van der Waals surface area contributed by atoms with Crippen LogP contribution in [0.5, 0.6) is 0 Å². The predicted molar refractivity (Wildman–Crippen MR) is 75.8 cm³/mol. The first kappa shape index (κ1) is 11.6. The van der Waals surface area contributed by atoms with Gasteiger partial charge in [0.05, 0.1) is 5.52 Å². The molecule has 0 radical (unpaired) electrons. The molecule has 0 aliphatic heterocycles. The summed E-state index contributed by atoms with van der Waals surface area (Å²) < 4.78 is 0. The highest BCUT2D eigenvalue weighted by Crippen LogP contribution is 2.10. The van der Waals surface area contributed by atoms with Gasteiger partial charge in [0.2, 0.25) is 5.95 Å². The van der Waals surface area contributed by atoms with Gasteiger partial charge in [-0.05, 0) is 24.6 Å². The van der Waals surface area contributed by atoms with Crippen LogP contribution in [0.3, 0.4) is 0 Å². The Labute approximate surface area is 111 Å². The number of fused-ring (bicyclic) bond motifs is 1. The molecule has 0 saturated heterocycles. The summed E-state index contributed by atoms with van der Waals surface area (Å²) in [4.78, 5) is 4.42. The summed E-state index contributed by atoms with van der Waals surface area (Å²) >= 11 is 0. The van der Waals surface area contributed by atoms with Gasteiger partial charge in [0.15, 0.2) is 0 Å². The first-order valence-corrected chi connectivity index (χ1v) is 6.20. The monoisotopic (exact) mass is 250 g/mol. The molecule has 2 aromatic carbocycles. The van der Waals surface area contributed by atoms with Gasteiger partial charge < -0.3 is 5.32 Å². The van der Waals surface area contributed by atoms with Crippen LogP contribution in [0.25, 0.3) is 11.0 Å². The van der Waals surface area contributed by atoms with Crippen LogP contribution in [0.1, 0.15) is 11.1 Å². The molecule has 0 atom stereocenters. The SMILES string of the molecule is Cc1ccc(CNc2nnc3ccccc3n2)cc1. The van der Waals surface area contributed by atoms with Gasteiger partial charge in [0.25, 0.3) is 0 Å². The zero-order valence-electron chi connectivity index (χ0n) is 10.7. The number of aryl methyl sites for hydroxylation is 1. The van der Waals surface area contributed by atoms with E-state index in [1.165, 1.54) is 11.1 Å². The molecule has 1 aromatic heterocycles. The van der Waals surface area contributed by atoms with Crippen molar-refractivity contribution in [1.82, 2.24) is 15.2 Å². The third-order valence-electron chi connectivity index (χ3n) is 2.93. The number of rotatable bonds is 3. The summed E-state index contributed by atoms with van der Waals surface area (Å²) in [6.45, 7) is 2.77. The van der Waals surface area contributed by atoms with Crippen LogP contribution < -0.4 is 5.32 Å². The fraction of sp³-hybridized carbons (Fsp3) is 0.133. The Balaban J connectivity index is 1.76. The Morgan fingerprint density at radius 2 is 1.63 bits per heavy atom. The van der Waals surface area contributed by atoms with E-state index in [-0.39, 0.29) is 0 Å². The van der Waals surface area contributed by atoms with Crippen LogP contribution in [0.2, 0.25) is 0 Å². The average Bonchev–Trinajstić information content (AvgIpc) is 2.46. The Hall–Kier alpha value is -2.49. The fourth-order valence-corrected chi connectivity index (χ4v) is 1.84. The normalized spacial score (nSPS) is 10.6. The number of nitrogens with zero attached hydrogens (tertiary/aromatic N) is 3. The molecule has 4 nitrogen and oxygen atoms in total. The highest BCUT2D eigenvalue weighted by Gasteiger charge is 2.00. The molecule has 0 unspecified atom stereocenters. The number of hydrogen-bond donors (Lipinski definition) is 1. The van der Waals surface area contributed by atoms with Crippen molar-refractivity contribution in [1.29, 1.82) is 0 Å². The lowest BCUT2D eigenvalue weighted by Gasteiger charge is -2.05. The lowest BCUT2D eigenvalue weighted by Crippen LogP contribution is -2.04. The van der Waals surface area contributed by atoms with Crippen molar-refractivity contribution in [3.8, 4) is 0 Å². The number of anilines is 1. The molecular formula is C15H14N4. The highest BCUT2D eigenvalue weighted by atomic mass is 15.2. The molecule has 0 aliphatic rings. The topological polar surface area (TPSA) is 50.7 Å². The van der Waals surface area contributed by atoms with Gasteiger partial charge in [-0.3, -0.25) is 0 Å². The van der Waals surface area contributed by atoms with Crippen LogP contribution >= 0.6 is 0 Å². The van der Waals surface area contributed by atoms with Gasteiger partial charge in [-0.25, -0.2) is 4.98 Å². The zero-order chi connectivity index (χ0) is 13.1. The minimum Gasteiger partial charge on any atom is -0.349 e. The molecule has 0 aliphatic carbocycles. The number of para-hydroxylation sites is 1. The van der Waals surface area contributed by atoms with Crippen molar-refractivity contribution < 1.29 is 0 Å². The van der Waals surface area contributed by atoms with Crippen molar-refractivity contribution in [2.45, 2.75) is 13.5 Å². The first-order chi connectivity index (χ1) is 9.31. The van der Waals surface area contributed by atoms with E-state index in [9.17, 15) is 0 Å². The second-order valence-corrected chi connectivity index (χ2v) is 4.46. The van der Waals surface area contributed by atoms with E-state index in [2.05, 4.69) is 51.7 Å². The summed E-state index contributed by atoms with van der Waals surface area (Å²) in [5, 5.41) is 11.4. The van der Waals surface area contributed by atoms with Gasteiger partial charge in [-0.15, -0.1) is 10.2 Å². The molecule has 0 amide bonds. The van der Waals surface area contributed by atoms with Crippen molar-refractivity contribution in [2.75, 3.05) is 5.32 Å². The summed E-state index contributed by atoms with van der Waals surface area (Å²) in [5.74, 6) is 0.555. The second-order valence-electron chi connectivity index (χ2n) is 4.46.